The molecule has 1 amide bonds. The molecule has 1 aliphatic heterocycles. The van der Waals surface area contributed by atoms with Gasteiger partial charge in [0.15, 0.2) is 0 Å². The number of carbonyl (C=O) groups is 1. The largest absolute Gasteiger partial charge is 0.305 e. The maximum atomic E-state index is 12.8. The second-order valence-electron chi connectivity index (χ2n) is 5.34. The number of anilines is 1. The molecule has 0 radical (unpaired) electrons. The zero-order valence-corrected chi connectivity index (χ0v) is 12.9. The minimum atomic E-state index is -1.02. The van der Waals surface area contributed by atoms with Crippen LogP contribution in [-0.4, -0.2) is 22.4 Å². The van der Waals surface area contributed by atoms with E-state index in [1.165, 1.54) is 5.56 Å². The molecule has 2 aromatic carbocycles. The molecule has 0 aliphatic carbocycles. The van der Waals surface area contributed by atoms with Gasteiger partial charge in [0, 0.05) is 39.2 Å². The molecule has 108 valence electrons. The van der Waals surface area contributed by atoms with Crippen molar-refractivity contribution in [1.29, 1.82) is 0 Å². The van der Waals surface area contributed by atoms with Crippen molar-refractivity contribution in [1.82, 2.24) is 0 Å². The van der Waals surface area contributed by atoms with E-state index in [-0.39, 0.29) is 11.9 Å². The summed E-state index contributed by atoms with van der Waals surface area (Å²) in [6.45, 7) is 2.06. The average molecular weight is 299 g/mol. The first kappa shape index (κ1) is 14.0. The van der Waals surface area contributed by atoms with Gasteiger partial charge >= 0.3 is 0 Å². The topological polar surface area (TPSA) is 37.4 Å². The van der Waals surface area contributed by atoms with Gasteiger partial charge in [-0.05, 0) is 49.2 Å². The number of nitrogens with zero attached hydrogens (tertiary/aromatic N) is 1. The van der Waals surface area contributed by atoms with Crippen molar-refractivity contribution >= 4 is 22.4 Å². The number of para-hydroxylation sites is 1. The van der Waals surface area contributed by atoms with Crippen LogP contribution in [0.4, 0.5) is 5.69 Å². The highest BCUT2D eigenvalue weighted by Gasteiger charge is 2.31. The van der Waals surface area contributed by atoms with Crippen LogP contribution in [0.5, 0.6) is 0 Å². The van der Waals surface area contributed by atoms with E-state index in [1.54, 1.807) is 30.5 Å². The third kappa shape index (κ3) is 2.51. The normalized spacial score (nSPS) is 18.4. The van der Waals surface area contributed by atoms with Crippen LogP contribution in [0.2, 0.25) is 0 Å². The fourth-order valence-corrected chi connectivity index (χ4v) is 3.32. The van der Waals surface area contributed by atoms with Gasteiger partial charge in [-0.3, -0.25) is 9.00 Å². The van der Waals surface area contributed by atoms with Crippen molar-refractivity contribution in [3.8, 4) is 0 Å². The summed E-state index contributed by atoms with van der Waals surface area (Å²) in [6.07, 6.45) is 2.52. The highest BCUT2D eigenvalue weighted by molar-refractivity contribution is 7.84. The van der Waals surface area contributed by atoms with E-state index < -0.39 is 10.8 Å². The minimum absolute atomic E-state index is 0.000820. The van der Waals surface area contributed by atoms with Crippen LogP contribution in [-0.2, 0) is 17.2 Å². The van der Waals surface area contributed by atoms with Gasteiger partial charge in [0.1, 0.15) is 0 Å². The summed E-state index contributed by atoms with van der Waals surface area (Å²) in [7, 11) is -1.02. The van der Waals surface area contributed by atoms with Crippen LogP contribution < -0.4 is 4.90 Å². The summed E-state index contributed by atoms with van der Waals surface area (Å²) in [5.74, 6) is 0.000820. The molecule has 2 aromatic rings. The molecule has 21 heavy (non-hydrogen) atoms. The monoisotopic (exact) mass is 299 g/mol. The fourth-order valence-electron chi connectivity index (χ4n) is 2.80. The fraction of sp³-hybridized carbons (Fsp3) is 0.235. The predicted molar refractivity (Wildman–Crippen MR) is 85.2 cm³/mol. The molecule has 1 heterocycles. The van der Waals surface area contributed by atoms with Gasteiger partial charge in [0.2, 0.25) is 0 Å². The number of rotatable bonds is 2. The van der Waals surface area contributed by atoms with Crippen LogP contribution in [0.15, 0.2) is 53.4 Å². The van der Waals surface area contributed by atoms with E-state index in [0.29, 0.717) is 5.56 Å². The van der Waals surface area contributed by atoms with E-state index in [1.807, 2.05) is 23.1 Å². The van der Waals surface area contributed by atoms with Gasteiger partial charge in [0.25, 0.3) is 5.91 Å². The van der Waals surface area contributed by atoms with Gasteiger partial charge in [-0.2, -0.15) is 0 Å². The van der Waals surface area contributed by atoms with Crippen molar-refractivity contribution in [2.24, 2.45) is 0 Å². The Morgan fingerprint density at radius 1 is 1.14 bits per heavy atom. The Labute approximate surface area is 127 Å². The zero-order valence-electron chi connectivity index (χ0n) is 12.1. The Morgan fingerprint density at radius 2 is 1.81 bits per heavy atom. The lowest BCUT2D eigenvalue weighted by Crippen LogP contribution is -2.35. The van der Waals surface area contributed by atoms with Crippen LogP contribution in [0.25, 0.3) is 0 Å². The highest BCUT2D eigenvalue weighted by Crippen LogP contribution is 2.33. The molecule has 0 spiro atoms. The minimum Gasteiger partial charge on any atom is -0.305 e. The smallest absolute Gasteiger partial charge is 0.258 e. The lowest BCUT2D eigenvalue weighted by molar-refractivity contribution is 0.0981. The molecule has 0 saturated carbocycles. The Bertz CT molecular complexity index is 709. The number of carbonyl (C=O) groups excluding carboxylic acids is 1. The van der Waals surface area contributed by atoms with Crippen LogP contribution in [0.3, 0.4) is 0 Å². The molecule has 0 aromatic heterocycles. The van der Waals surface area contributed by atoms with Crippen LogP contribution >= 0.6 is 0 Å². The van der Waals surface area contributed by atoms with Gasteiger partial charge < -0.3 is 4.90 Å². The summed E-state index contributed by atoms with van der Waals surface area (Å²) in [5.41, 5.74) is 2.84. The third-order valence-corrected chi connectivity index (χ3v) is 4.80. The van der Waals surface area contributed by atoms with Crippen molar-refractivity contribution < 1.29 is 9.00 Å². The SMILES string of the molecule is CC1Cc2ccccc2N1C(=O)c1ccc(S(C)=O)cc1. The molecule has 0 bridgehead atoms. The highest BCUT2D eigenvalue weighted by atomic mass is 32.2. The maximum Gasteiger partial charge on any atom is 0.258 e. The van der Waals surface area contributed by atoms with Crippen molar-refractivity contribution in [2.45, 2.75) is 24.3 Å². The summed E-state index contributed by atoms with van der Waals surface area (Å²) in [4.78, 5) is 15.3. The molecule has 0 N–H and O–H groups in total. The summed E-state index contributed by atoms with van der Waals surface area (Å²) >= 11 is 0. The number of hydrogen-bond donors (Lipinski definition) is 0. The van der Waals surface area contributed by atoms with E-state index in [2.05, 4.69) is 13.0 Å². The predicted octanol–water partition coefficient (Wildman–Crippen LogP) is 3.02. The van der Waals surface area contributed by atoms with E-state index in [4.69, 9.17) is 0 Å². The van der Waals surface area contributed by atoms with Gasteiger partial charge in [-0.15, -0.1) is 0 Å². The number of hydrogen-bond acceptors (Lipinski definition) is 2. The Hall–Kier alpha value is -1.94. The number of fused-ring (bicyclic) bond motifs is 1. The Kier molecular flexibility index (Phi) is 3.64. The molecule has 2 atom stereocenters. The van der Waals surface area contributed by atoms with Gasteiger partial charge in [-0.25, -0.2) is 0 Å². The Morgan fingerprint density at radius 3 is 2.48 bits per heavy atom. The van der Waals surface area contributed by atoms with E-state index >= 15 is 0 Å². The van der Waals surface area contributed by atoms with E-state index in [0.717, 1.165) is 17.0 Å². The molecule has 0 fully saturated rings. The molecule has 3 nitrogen and oxygen atoms in total. The van der Waals surface area contributed by atoms with Crippen molar-refractivity contribution in [3.05, 3.63) is 59.7 Å². The van der Waals surface area contributed by atoms with Crippen molar-refractivity contribution in [2.75, 3.05) is 11.2 Å². The molecule has 4 heteroatoms. The quantitative estimate of drug-likeness (QED) is 0.855. The first-order valence-electron chi connectivity index (χ1n) is 6.93. The number of amides is 1. The molecule has 3 rings (SSSR count). The first-order chi connectivity index (χ1) is 10.1. The molecular formula is C17H17NO2S. The molecule has 1 aliphatic rings. The number of benzene rings is 2. The average Bonchev–Trinajstić information content (AvgIpc) is 2.82. The van der Waals surface area contributed by atoms with Gasteiger partial charge in [0.05, 0.1) is 0 Å². The van der Waals surface area contributed by atoms with Crippen LogP contribution in [0, 0.1) is 0 Å². The second-order valence-corrected chi connectivity index (χ2v) is 6.72. The standard InChI is InChI=1S/C17H17NO2S/c1-12-11-14-5-3-4-6-16(14)18(12)17(19)13-7-9-15(10-8-13)21(2)20/h3-10,12H,11H2,1-2H3. The van der Waals surface area contributed by atoms with Crippen LogP contribution in [0.1, 0.15) is 22.8 Å². The van der Waals surface area contributed by atoms with Gasteiger partial charge in [-0.1, -0.05) is 18.2 Å². The summed E-state index contributed by atoms with van der Waals surface area (Å²) in [6, 6.07) is 15.2. The molecule has 2 unspecified atom stereocenters. The molecule has 0 saturated heterocycles. The first-order valence-corrected chi connectivity index (χ1v) is 8.48. The Balaban J connectivity index is 1.93. The van der Waals surface area contributed by atoms with E-state index in [9.17, 15) is 9.00 Å². The summed E-state index contributed by atoms with van der Waals surface area (Å²) < 4.78 is 11.4. The lowest BCUT2D eigenvalue weighted by Gasteiger charge is -2.22. The maximum absolute atomic E-state index is 12.8. The second kappa shape index (κ2) is 5.45. The summed E-state index contributed by atoms with van der Waals surface area (Å²) in [5, 5.41) is 0. The third-order valence-electron chi connectivity index (χ3n) is 3.86. The molecular weight excluding hydrogens is 282 g/mol. The zero-order chi connectivity index (χ0) is 15.0. The van der Waals surface area contributed by atoms with Crippen molar-refractivity contribution in [3.63, 3.8) is 0 Å². The lowest BCUT2D eigenvalue weighted by atomic mass is 10.1.